The van der Waals surface area contributed by atoms with Gasteiger partial charge in [-0.2, -0.15) is 0 Å². The number of nitrogens with zero attached hydrogens (tertiary/aromatic N) is 4. The van der Waals surface area contributed by atoms with E-state index in [4.69, 9.17) is 0 Å². The summed E-state index contributed by atoms with van der Waals surface area (Å²) in [5.41, 5.74) is -0.155. The van der Waals surface area contributed by atoms with Gasteiger partial charge in [-0.25, -0.2) is 9.78 Å². The van der Waals surface area contributed by atoms with Crippen LogP contribution in [0.3, 0.4) is 0 Å². The summed E-state index contributed by atoms with van der Waals surface area (Å²) < 4.78 is 2.47. The molecule has 0 aromatic carbocycles. The normalized spacial score (nSPS) is 10.4. The van der Waals surface area contributed by atoms with Crippen LogP contribution in [0.5, 0.6) is 0 Å². The van der Waals surface area contributed by atoms with Crippen molar-refractivity contribution < 1.29 is 0 Å². The van der Waals surface area contributed by atoms with Gasteiger partial charge in [0.1, 0.15) is 5.82 Å². The van der Waals surface area contributed by atoms with Crippen molar-refractivity contribution >= 4 is 5.82 Å². The number of rotatable bonds is 4. The fourth-order valence-corrected chi connectivity index (χ4v) is 1.63. The summed E-state index contributed by atoms with van der Waals surface area (Å²) in [6, 6.07) is 1.35. The lowest BCUT2D eigenvalue weighted by Crippen LogP contribution is -2.38. The van der Waals surface area contributed by atoms with Gasteiger partial charge in [0.05, 0.1) is 24.6 Å². The van der Waals surface area contributed by atoms with Gasteiger partial charge in [-0.3, -0.25) is 14.3 Å². The number of hydrogen-bond acceptors (Lipinski definition) is 5. The minimum Gasteiger partial charge on any atom is -0.369 e. The highest BCUT2D eigenvalue weighted by molar-refractivity contribution is 5.30. The molecular formula is C12H15N5O2. The van der Waals surface area contributed by atoms with Crippen LogP contribution in [0.4, 0.5) is 5.82 Å². The zero-order valence-electron chi connectivity index (χ0n) is 10.8. The van der Waals surface area contributed by atoms with E-state index in [-0.39, 0.29) is 17.8 Å². The molecule has 0 atom stereocenters. The smallest absolute Gasteiger partial charge is 0.331 e. The minimum absolute atomic E-state index is 0.117. The van der Waals surface area contributed by atoms with Crippen molar-refractivity contribution in [1.82, 2.24) is 19.1 Å². The lowest BCUT2D eigenvalue weighted by atomic mass is 10.4. The molecule has 2 heterocycles. The molecule has 0 radical (unpaired) electrons. The highest BCUT2D eigenvalue weighted by atomic mass is 16.2. The second kappa shape index (κ2) is 5.47. The van der Waals surface area contributed by atoms with Gasteiger partial charge in [0.25, 0.3) is 5.56 Å². The van der Waals surface area contributed by atoms with Gasteiger partial charge >= 0.3 is 5.69 Å². The highest BCUT2D eigenvalue weighted by Gasteiger charge is 2.05. The molecule has 0 unspecified atom stereocenters. The van der Waals surface area contributed by atoms with Crippen LogP contribution in [-0.4, -0.2) is 25.6 Å². The summed E-state index contributed by atoms with van der Waals surface area (Å²) in [6.45, 7) is 2.83. The van der Waals surface area contributed by atoms with Crippen LogP contribution in [0.2, 0.25) is 0 Å². The molecule has 0 aliphatic heterocycles. The third-order valence-corrected chi connectivity index (χ3v) is 2.62. The Morgan fingerprint density at radius 3 is 2.68 bits per heavy atom. The van der Waals surface area contributed by atoms with Crippen molar-refractivity contribution in [2.24, 2.45) is 7.05 Å². The van der Waals surface area contributed by atoms with Crippen molar-refractivity contribution in [3.05, 3.63) is 51.2 Å². The van der Waals surface area contributed by atoms with Crippen molar-refractivity contribution in [2.75, 3.05) is 11.9 Å². The Labute approximate surface area is 109 Å². The first-order valence-electron chi connectivity index (χ1n) is 5.93. The van der Waals surface area contributed by atoms with Crippen LogP contribution in [0.25, 0.3) is 0 Å². The molecule has 2 aromatic rings. The minimum atomic E-state index is -0.370. The third-order valence-electron chi connectivity index (χ3n) is 2.62. The van der Waals surface area contributed by atoms with Crippen LogP contribution in [0, 0.1) is 0 Å². The first-order chi connectivity index (χ1) is 9.11. The van der Waals surface area contributed by atoms with Gasteiger partial charge in [-0.05, 0) is 6.92 Å². The van der Waals surface area contributed by atoms with Crippen LogP contribution < -0.4 is 16.6 Å². The van der Waals surface area contributed by atoms with E-state index in [2.05, 4.69) is 15.3 Å². The Bertz CT molecular complexity index is 672. The van der Waals surface area contributed by atoms with Crippen molar-refractivity contribution in [2.45, 2.75) is 13.5 Å². The summed E-state index contributed by atoms with van der Waals surface area (Å²) in [7, 11) is 1.60. The zero-order chi connectivity index (χ0) is 13.8. The van der Waals surface area contributed by atoms with Gasteiger partial charge < -0.3 is 9.88 Å². The molecule has 2 rings (SSSR count). The first-order valence-corrected chi connectivity index (χ1v) is 5.93. The van der Waals surface area contributed by atoms with Gasteiger partial charge in [0.15, 0.2) is 0 Å². The molecular weight excluding hydrogens is 246 g/mol. The molecule has 0 aliphatic carbocycles. The molecule has 0 amide bonds. The highest BCUT2D eigenvalue weighted by Crippen LogP contribution is 2.00. The predicted octanol–water partition coefficient (Wildman–Crippen LogP) is -0.183. The monoisotopic (exact) mass is 261 g/mol. The second-order valence-electron chi connectivity index (χ2n) is 4.06. The second-order valence-corrected chi connectivity index (χ2v) is 4.06. The number of aryl methyl sites for hydroxylation is 1. The van der Waals surface area contributed by atoms with Gasteiger partial charge in [0.2, 0.25) is 0 Å². The Morgan fingerprint density at radius 2 is 2.05 bits per heavy atom. The van der Waals surface area contributed by atoms with Gasteiger partial charge in [0, 0.05) is 25.9 Å². The molecule has 0 aliphatic rings. The Balaban J connectivity index is 2.29. The molecule has 1 N–H and O–H groups in total. The van der Waals surface area contributed by atoms with Crippen LogP contribution >= 0.6 is 0 Å². The molecule has 0 fully saturated rings. The molecule has 0 spiro atoms. The molecule has 0 saturated carbocycles. The molecule has 0 bridgehead atoms. The molecule has 19 heavy (non-hydrogen) atoms. The summed E-state index contributed by atoms with van der Waals surface area (Å²) in [6.07, 6.45) is 4.58. The lowest BCUT2D eigenvalue weighted by Gasteiger charge is -2.06. The summed E-state index contributed by atoms with van der Waals surface area (Å²) in [4.78, 5) is 31.8. The van der Waals surface area contributed by atoms with Gasteiger partial charge in [-0.15, -0.1) is 0 Å². The maximum atomic E-state index is 11.8. The molecule has 7 nitrogen and oxygen atoms in total. The summed E-state index contributed by atoms with van der Waals surface area (Å²) in [5, 5.41) is 3.02. The van der Waals surface area contributed by atoms with Gasteiger partial charge in [-0.1, -0.05) is 0 Å². The quantitative estimate of drug-likeness (QED) is 0.825. The van der Waals surface area contributed by atoms with E-state index in [0.717, 1.165) is 11.1 Å². The fraction of sp³-hybridized carbons (Fsp3) is 0.333. The van der Waals surface area contributed by atoms with E-state index in [0.29, 0.717) is 11.5 Å². The first kappa shape index (κ1) is 13.0. The Hall–Kier alpha value is -2.44. The molecule has 100 valence electrons. The molecule has 2 aromatic heterocycles. The number of hydrogen-bond donors (Lipinski definition) is 1. The topological polar surface area (TPSA) is 81.8 Å². The number of anilines is 1. The average molecular weight is 261 g/mol. The van der Waals surface area contributed by atoms with E-state index >= 15 is 0 Å². The van der Waals surface area contributed by atoms with Crippen molar-refractivity contribution in [3.8, 4) is 0 Å². The van der Waals surface area contributed by atoms with E-state index < -0.39 is 0 Å². The van der Waals surface area contributed by atoms with E-state index in [9.17, 15) is 9.59 Å². The standard InChI is InChI=1S/C12H15N5O2/c1-3-13-10-7-14-9(6-15-10)8-17-11(18)4-5-16(2)12(17)19/h4-7H,3,8H2,1-2H3,(H,13,15). The molecule has 7 heteroatoms. The zero-order valence-corrected chi connectivity index (χ0v) is 10.8. The van der Waals surface area contributed by atoms with E-state index in [1.807, 2.05) is 6.92 Å². The van der Waals surface area contributed by atoms with Crippen LogP contribution in [-0.2, 0) is 13.6 Å². The Morgan fingerprint density at radius 1 is 1.26 bits per heavy atom. The van der Waals surface area contributed by atoms with Crippen LogP contribution in [0.15, 0.2) is 34.2 Å². The van der Waals surface area contributed by atoms with Crippen LogP contribution in [0.1, 0.15) is 12.6 Å². The third kappa shape index (κ3) is 2.87. The van der Waals surface area contributed by atoms with E-state index in [1.165, 1.54) is 16.8 Å². The predicted molar refractivity (Wildman–Crippen MR) is 71.2 cm³/mol. The number of nitrogens with one attached hydrogen (secondary N) is 1. The fourth-order valence-electron chi connectivity index (χ4n) is 1.63. The molecule has 0 saturated heterocycles. The largest absolute Gasteiger partial charge is 0.369 e. The number of aromatic nitrogens is 4. The summed E-state index contributed by atoms with van der Waals surface area (Å²) in [5.74, 6) is 0.666. The van der Waals surface area contributed by atoms with Crippen molar-refractivity contribution in [3.63, 3.8) is 0 Å². The maximum Gasteiger partial charge on any atom is 0.331 e. The van der Waals surface area contributed by atoms with E-state index in [1.54, 1.807) is 19.4 Å². The average Bonchev–Trinajstić information content (AvgIpc) is 2.41. The SMILES string of the molecule is CCNc1cnc(Cn2c(=O)ccn(C)c2=O)cn1. The lowest BCUT2D eigenvalue weighted by molar-refractivity contribution is 0.629. The maximum absolute atomic E-state index is 11.8. The van der Waals surface area contributed by atoms with Crippen molar-refractivity contribution in [1.29, 1.82) is 0 Å². The summed E-state index contributed by atoms with van der Waals surface area (Å²) >= 11 is 0. The Kier molecular flexibility index (Phi) is 3.74.